The van der Waals surface area contributed by atoms with Gasteiger partial charge in [-0.15, -0.1) is 10.2 Å². The standard InChI is InChI=1S/C13H22N4O3S/c1-13(2,3)11(18)17-7-5-10(6-8-17)21(19,20)12-15-14-9-16(12)4/h9-10H,5-8H2,1-4H3. The summed E-state index contributed by atoms with van der Waals surface area (Å²) in [7, 11) is -1.87. The van der Waals surface area contributed by atoms with E-state index >= 15 is 0 Å². The average molecular weight is 314 g/mol. The summed E-state index contributed by atoms with van der Waals surface area (Å²) in [5.74, 6) is 0.0667. The quantitative estimate of drug-likeness (QED) is 0.799. The number of aryl methyl sites for hydroxylation is 1. The van der Waals surface area contributed by atoms with Crippen LogP contribution < -0.4 is 0 Å². The Morgan fingerprint density at radius 1 is 1.29 bits per heavy atom. The number of rotatable bonds is 2. The van der Waals surface area contributed by atoms with E-state index < -0.39 is 20.5 Å². The molecule has 8 heteroatoms. The smallest absolute Gasteiger partial charge is 0.249 e. The Balaban J connectivity index is 2.08. The van der Waals surface area contributed by atoms with Gasteiger partial charge in [-0.1, -0.05) is 20.8 Å². The monoisotopic (exact) mass is 314 g/mol. The van der Waals surface area contributed by atoms with Crippen LogP contribution in [-0.2, 0) is 21.7 Å². The highest BCUT2D eigenvalue weighted by Gasteiger charge is 2.37. The van der Waals surface area contributed by atoms with Gasteiger partial charge in [-0.25, -0.2) is 8.42 Å². The van der Waals surface area contributed by atoms with Crippen LogP contribution in [0, 0.1) is 5.41 Å². The van der Waals surface area contributed by atoms with Crippen LogP contribution in [-0.4, -0.2) is 52.3 Å². The van der Waals surface area contributed by atoms with Crippen LogP contribution in [0.3, 0.4) is 0 Å². The molecule has 118 valence electrons. The third-order valence-corrected chi connectivity index (χ3v) is 5.96. The molecule has 2 rings (SSSR count). The lowest BCUT2D eigenvalue weighted by Crippen LogP contribution is -2.46. The van der Waals surface area contributed by atoms with Gasteiger partial charge in [-0.3, -0.25) is 4.79 Å². The third-order valence-electron chi connectivity index (χ3n) is 3.73. The molecule has 1 fully saturated rings. The summed E-state index contributed by atoms with van der Waals surface area (Å²) in [6.45, 7) is 6.56. The van der Waals surface area contributed by atoms with Crippen molar-refractivity contribution in [2.24, 2.45) is 12.5 Å². The van der Waals surface area contributed by atoms with Crippen molar-refractivity contribution in [2.75, 3.05) is 13.1 Å². The lowest BCUT2D eigenvalue weighted by molar-refractivity contribution is -0.140. The molecule has 0 saturated carbocycles. The van der Waals surface area contributed by atoms with Gasteiger partial charge in [0.1, 0.15) is 6.33 Å². The molecule has 1 aliphatic rings. The lowest BCUT2D eigenvalue weighted by Gasteiger charge is -2.35. The molecule has 2 heterocycles. The minimum atomic E-state index is -3.48. The van der Waals surface area contributed by atoms with Crippen molar-refractivity contribution in [1.82, 2.24) is 19.7 Å². The molecule has 1 aliphatic heterocycles. The first-order valence-electron chi connectivity index (χ1n) is 7.01. The number of carbonyl (C=O) groups excluding carboxylic acids is 1. The highest BCUT2D eigenvalue weighted by molar-refractivity contribution is 7.91. The SMILES string of the molecule is Cn1cnnc1S(=O)(=O)C1CCN(C(=O)C(C)(C)C)CC1. The van der Waals surface area contributed by atoms with Gasteiger partial charge in [-0.2, -0.15) is 0 Å². The normalized spacial score (nSPS) is 18.0. The maximum absolute atomic E-state index is 12.5. The zero-order valence-corrected chi connectivity index (χ0v) is 13.7. The van der Waals surface area contributed by atoms with Crippen LogP contribution in [0.5, 0.6) is 0 Å². The Hall–Kier alpha value is -1.44. The first-order valence-corrected chi connectivity index (χ1v) is 8.56. The maximum atomic E-state index is 12.5. The molecule has 1 aromatic rings. The number of nitrogens with zero attached hydrogens (tertiary/aromatic N) is 4. The van der Waals surface area contributed by atoms with Crippen molar-refractivity contribution in [3.63, 3.8) is 0 Å². The molecule has 0 atom stereocenters. The molecule has 1 aromatic heterocycles. The Morgan fingerprint density at radius 3 is 2.29 bits per heavy atom. The lowest BCUT2D eigenvalue weighted by atomic mass is 9.93. The van der Waals surface area contributed by atoms with E-state index in [9.17, 15) is 13.2 Å². The zero-order chi connectivity index (χ0) is 15.8. The molecule has 0 aliphatic carbocycles. The van der Waals surface area contributed by atoms with E-state index in [0.29, 0.717) is 25.9 Å². The predicted molar refractivity (Wildman–Crippen MR) is 77.2 cm³/mol. The van der Waals surface area contributed by atoms with Gasteiger partial charge in [-0.05, 0) is 12.8 Å². The molecule has 1 saturated heterocycles. The number of piperidine rings is 1. The van der Waals surface area contributed by atoms with E-state index in [-0.39, 0.29) is 11.1 Å². The van der Waals surface area contributed by atoms with Crippen LogP contribution in [0.2, 0.25) is 0 Å². The summed E-state index contributed by atoms with van der Waals surface area (Å²) in [6.07, 6.45) is 2.26. The van der Waals surface area contributed by atoms with E-state index in [4.69, 9.17) is 0 Å². The van der Waals surface area contributed by atoms with Crippen LogP contribution in [0.4, 0.5) is 0 Å². The predicted octanol–water partition coefficient (Wildman–Crippen LogP) is 0.626. The fourth-order valence-electron chi connectivity index (χ4n) is 2.52. The van der Waals surface area contributed by atoms with Crippen molar-refractivity contribution in [3.8, 4) is 0 Å². The van der Waals surface area contributed by atoms with E-state index in [0.717, 1.165) is 0 Å². The minimum absolute atomic E-state index is 0.00287. The summed E-state index contributed by atoms with van der Waals surface area (Å²) in [5.41, 5.74) is -0.435. The van der Waals surface area contributed by atoms with E-state index in [1.807, 2.05) is 20.8 Å². The molecule has 7 nitrogen and oxygen atoms in total. The van der Waals surface area contributed by atoms with Gasteiger partial charge >= 0.3 is 0 Å². The van der Waals surface area contributed by atoms with E-state index in [2.05, 4.69) is 10.2 Å². The molecule has 0 spiro atoms. The van der Waals surface area contributed by atoms with Crippen molar-refractivity contribution in [2.45, 2.75) is 44.0 Å². The van der Waals surface area contributed by atoms with Gasteiger partial charge in [0, 0.05) is 25.6 Å². The second-order valence-corrected chi connectivity index (χ2v) is 8.63. The maximum Gasteiger partial charge on any atom is 0.249 e. The molecule has 21 heavy (non-hydrogen) atoms. The van der Waals surface area contributed by atoms with Crippen LogP contribution in [0.15, 0.2) is 11.5 Å². The Labute approximate surface area is 125 Å². The van der Waals surface area contributed by atoms with Gasteiger partial charge in [0.05, 0.1) is 5.25 Å². The highest BCUT2D eigenvalue weighted by atomic mass is 32.2. The summed E-state index contributed by atoms with van der Waals surface area (Å²) >= 11 is 0. The first kappa shape index (κ1) is 15.9. The number of hydrogen-bond donors (Lipinski definition) is 0. The molecule has 0 radical (unpaired) electrons. The van der Waals surface area contributed by atoms with Crippen molar-refractivity contribution >= 4 is 15.7 Å². The molecule has 1 amide bonds. The number of aromatic nitrogens is 3. The summed E-state index contributed by atoms with van der Waals surface area (Å²) in [6, 6.07) is 0. The number of sulfone groups is 1. The number of carbonyl (C=O) groups is 1. The van der Waals surface area contributed by atoms with Crippen LogP contribution in [0.25, 0.3) is 0 Å². The van der Waals surface area contributed by atoms with Crippen LogP contribution >= 0.6 is 0 Å². The molecular weight excluding hydrogens is 292 g/mol. The second kappa shape index (κ2) is 5.40. The fourth-order valence-corrected chi connectivity index (χ4v) is 4.26. The van der Waals surface area contributed by atoms with Gasteiger partial charge < -0.3 is 9.47 Å². The van der Waals surface area contributed by atoms with Gasteiger partial charge in [0.25, 0.3) is 0 Å². The van der Waals surface area contributed by atoms with E-state index in [1.165, 1.54) is 10.9 Å². The molecule has 0 unspecified atom stereocenters. The Bertz CT molecular complexity index is 622. The fraction of sp³-hybridized carbons (Fsp3) is 0.769. The largest absolute Gasteiger partial charge is 0.342 e. The molecule has 0 aromatic carbocycles. The summed E-state index contributed by atoms with van der Waals surface area (Å²) in [5, 5.41) is 6.84. The topological polar surface area (TPSA) is 85.2 Å². The number of likely N-dealkylation sites (tertiary alicyclic amines) is 1. The minimum Gasteiger partial charge on any atom is -0.342 e. The number of hydrogen-bond acceptors (Lipinski definition) is 5. The second-order valence-electron chi connectivity index (χ2n) is 6.51. The average Bonchev–Trinajstić information content (AvgIpc) is 2.84. The molecule has 0 bridgehead atoms. The van der Waals surface area contributed by atoms with Gasteiger partial charge in [0.2, 0.25) is 20.9 Å². The Kier molecular flexibility index (Phi) is 4.10. The number of amides is 1. The van der Waals surface area contributed by atoms with Crippen molar-refractivity contribution < 1.29 is 13.2 Å². The van der Waals surface area contributed by atoms with Gasteiger partial charge in [0.15, 0.2) is 0 Å². The summed E-state index contributed by atoms with van der Waals surface area (Å²) in [4.78, 5) is 14.0. The molecule has 0 N–H and O–H groups in total. The van der Waals surface area contributed by atoms with Crippen molar-refractivity contribution in [1.29, 1.82) is 0 Å². The summed E-state index contributed by atoms with van der Waals surface area (Å²) < 4.78 is 26.5. The Morgan fingerprint density at radius 2 is 1.86 bits per heavy atom. The molecular formula is C13H22N4O3S. The third kappa shape index (κ3) is 3.09. The van der Waals surface area contributed by atoms with Crippen LogP contribution in [0.1, 0.15) is 33.6 Å². The highest BCUT2D eigenvalue weighted by Crippen LogP contribution is 2.26. The van der Waals surface area contributed by atoms with Crippen molar-refractivity contribution in [3.05, 3.63) is 6.33 Å². The zero-order valence-electron chi connectivity index (χ0n) is 12.9. The van der Waals surface area contributed by atoms with E-state index in [1.54, 1.807) is 11.9 Å². The first-order chi connectivity index (χ1) is 9.64.